The van der Waals surface area contributed by atoms with Crippen LogP contribution in [0.2, 0.25) is 0 Å². The summed E-state index contributed by atoms with van der Waals surface area (Å²) in [5.41, 5.74) is 0. The van der Waals surface area contributed by atoms with Gasteiger partial charge in [0.15, 0.2) is 0 Å². The lowest BCUT2D eigenvalue weighted by Gasteiger charge is -2.28. The van der Waals surface area contributed by atoms with Gasteiger partial charge < -0.3 is 14.9 Å². The van der Waals surface area contributed by atoms with Gasteiger partial charge >= 0.3 is 5.97 Å². The lowest BCUT2D eigenvalue weighted by molar-refractivity contribution is -0.147. The zero-order valence-electron chi connectivity index (χ0n) is 12.7. The Kier molecular flexibility index (Phi) is 4.85. The highest BCUT2D eigenvalue weighted by Gasteiger charge is 2.40. The van der Waals surface area contributed by atoms with Crippen LogP contribution in [-0.2, 0) is 14.4 Å². The van der Waals surface area contributed by atoms with E-state index in [-0.39, 0.29) is 42.8 Å². The molecule has 1 atom stereocenters. The number of carbonyl (C=O) groups excluding carboxylic acids is 2. The fourth-order valence-corrected chi connectivity index (χ4v) is 3.36. The Morgan fingerprint density at radius 3 is 2.48 bits per heavy atom. The second kappa shape index (κ2) is 6.45. The van der Waals surface area contributed by atoms with Crippen LogP contribution < -0.4 is 0 Å². The summed E-state index contributed by atoms with van der Waals surface area (Å²) in [6, 6.07) is 0.103. The predicted octanol–water partition coefficient (Wildman–Crippen LogP) is 1.10. The Labute approximate surface area is 125 Å². The van der Waals surface area contributed by atoms with Crippen molar-refractivity contribution in [1.82, 2.24) is 9.80 Å². The smallest absolute Gasteiger partial charge is 0.323 e. The molecule has 0 aromatic heterocycles. The molecule has 6 heteroatoms. The van der Waals surface area contributed by atoms with Gasteiger partial charge in [0.25, 0.3) is 0 Å². The maximum absolute atomic E-state index is 12.5. The molecule has 2 fully saturated rings. The third-order valence-corrected chi connectivity index (χ3v) is 4.49. The lowest BCUT2D eigenvalue weighted by atomic mass is 10.1. The van der Waals surface area contributed by atoms with E-state index in [1.165, 1.54) is 4.90 Å². The number of hydrogen-bond acceptors (Lipinski definition) is 3. The average molecular weight is 296 g/mol. The average Bonchev–Trinajstić information content (AvgIpc) is 3.03. The zero-order valence-corrected chi connectivity index (χ0v) is 12.7. The minimum atomic E-state index is -1.02. The van der Waals surface area contributed by atoms with E-state index in [1.807, 2.05) is 4.90 Å². The highest BCUT2D eigenvalue weighted by atomic mass is 16.4. The SMILES string of the molecule is CC(C)N(CC(=O)O)C(=O)C1CC(=O)N(C2CCCC2)C1. The summed E-state index contributed by atoms with van der Waals surface area (Å²) in [5.74, 6) is -1.57. The van der Waals surface area contributed by atoms with Crippen molar-refractivity contribution in [3.05, 3.63) is 0 Å². The van der Waals surface area contributed by atoms with Gasteiger partial charge in [-0.2, -0.15) is 0 Å². The van der Waals surface area contributed by atoms with Crippen molar-refractivity contribution in [3.63, 3.8) is 0 Å². The van der Waals surface area contributed by atoms with Gasteiger partial charge in [-0.25, -0.2) is 0 Å². The first-order chi connectivity index (χ1) is 9.90. The largest absolute Gasteiger partial charge is 0.480 e. The van der Waals surface area contributed by atoms with Crippen molar-refractivity contribution in [2.24, 2.45) is 5.92 Å². The van der Waals surface area contributed by atoms with E-state index in [1.54, 1.807) is 13.8 Å². The predicted molar refractivity (Wildman–Crippen MR) is 76.6 cm³/mol. The van der Waals surface area contributed by atoms with E-state index in [9.17, 15) is 14.4 Å². The van der Waals surface area contributed by atoms with Crippen LogP contribution in [0, 0.1) is 5.92 Å². The molecule has 0 aromatic carbocycles. The molecular weight excluding hydrogens is 272 g/mol. The van der Waals surface area contributed by atoms with Crippen molar-refractivity contribution in [1.29, 1.82) is 0 Å². The number of carboxylic acid groups (broad SMARTS) is 1. The van der Waals surface area contributed by atoms with Gasteiger partial charge in [0.2, 0.25) is 11.8 Å². The van der Waals surface area contributed by atoms with Crippen LogP contribution in [0.3, 0.4) is 0 Å². The zero-order chi connectivity index (χ0) is 15.6. The Morgan fingerprint density at radius 2 is 1.95 bits per heavy atom. The molecule has 21 heavy (non-hydrogen) atoms. The standard InChI is InChI=1S/C15H24N2O4/c1-10(2)16(9-14(19)20)15(21)11-7-13(18)17(8-11)12-5-3-4-6-12/h10-12H,3-9H2,1-2H3,(H,19,20). The van der Waals surface area contributed by atoms with E-state index in [2.05, 4.69) is 0 Å². The Balaban J connectivity index is 2.02. The summed E-state index contributed by atoms with van der Waals surface area (Å²) in [6.45, 7) is 3.74. The summed E-state index contributed by atoms with van der Waals surface area (Å²) >= 11 is 0. The molecule has 1 heterocycles. The molecule has 6 nitrogen and oxygen atoms in total. The fraction of sp³-hybridized carbons (Fsp3) is 0.800. The molecule has 2 aliphatic rings. The van der Waals surface area contributed by atoms with Crippen LogP contribution in [-0.4, -0.2) is 57.9 Å². The molecule has 2 rings (SSSR count). The first-order valence-corrected chi connectivity index (χ1v) is 7.72. The molecular formula is C15H24N2O4. The summed E-state index contributed by atoms with van der Waals surface area (Å²) in [7, 11) is 0. The van der Waals surface area contributed by atoms with Gasteiger partial charge in [-0.1, -0.05) is 12.8 Å². The van der Waals surface area contributed by atoms with E-state index >= 15 is 0 Å². The van der Waals surface area contributed by atoms with Gasteiger partial charge in [-0.15, -0.1) is 0 Å². The highest BCUT2D eigenvalue weighted by molar-refractivity contribution is 5.91. The normalized spacial score (nSPS) is 23.1. The second-order valence-corrected chi connectivity index (χ2v) is 6.34. The Bertz CT molecular complexity index is 429. The molecule has 1 aliphatic heterocycles. The van der Waals surface area contributed by atoms with Gasteiger partial charge in [-0.05, 0) is 26.7 Å². The minimum absolute atomic E-state index is 0.0410. The molecule has 1 unspecified atom stereocenters. The van der Waals surface area contributed by atoms with Gasteiger partial charge in [0, 0.05) is 25.0 Å². The molecule has 2 amide bonds. The number of amides is 2. The van der Waals surface area contributed by atoms with Crippen molar-refractivity contribution in [2.75, 3.05) is 13.1 Å². The third kappa shape index (κ3) is 3.54. The van der Waals surface area contributed by atoms with Crippen LogP contribution in [0.5, 0.6) is 0 Å². The molecule has 1 saturated carbocycles. The summed E-state index contributed by atoms with van der Waals surface area (Å²) in [5, 5.41) is 8.93. The molecule has 0 aromatic rings. The van der Waals surface area contributed by atoms with Gasteiger partial charge in [0.1, 0.15) is 6.54 Å². The Morgan fingerprint density at radius 1 is 1.33 bits per heavy atom. The van der Waals surface area contributed by atoms with Crippen LogP contribution >= 0.6 is 0 Å². The number of hydrogen-bond donors (Lipinski definition) is 1. The van der Waals surface area contributed by atoms with Gasteiger partial charge in [-0.3, -0.25) is 14.4 Å². The molecule has 1 saturated heterocycles. The lowest BCUT2D eigenvalue weighted by Crippen LogP contribution is -2.45. The number of aliphatic carboxylic acids is 1. The molecule has 1 N–H and O–H groups in total. The Hall–Kier alpha value is -1.59. The van der Waals surface area contributed by atoms with Crippen molar-refractivity contribution in [2.45, 2.75) is 58.0 Å². The number of likely N-dealkylation sites (tertiary alicyclic amines) is 1. The third-order valence-electron chi connectivity index (χ3n) is 4.49. The monoisotopic (exact) mass is 296 g/mol. The molecule has 118 valence electrons. The summed E-state index contributed by atoms with van der Waals surface area (Å²) in [4.78, 5) is 38.7. The quantitative estimate of drug-likeness (QED) is 0.824. The highest BCUT2D eigenvalue weighted by Crippen LogP contribution is 2.30. The van der Waals surface area contributed by atoms with E-state index in [0.29, 0.717) is 6.54 Å². The van der Waals surface area contributed by atoms with Crippen molar-refractivity contribution >= 4 is 17.8 Å². The topological polar surface area (TPSA) is 77.9 Å². The van der Waals surface area contributed by atoms with Gasteiger partial charge in [0.05, 0.1) is 5.92 Å². The maximum Gasteiger partial charge on any atom is 0.323 e. The van der Waals surface area contributed by atoms with Crippen LogP contribution in [0.15, 0.2) is 0 Å². The number of rotatable bonds is 5. The first kappa shape index (κ1) is 15.8. The number of carboxylic acids is 1. The summed E-state index contributed by atoms with van der Waals surface area (Å²) in [6.07, 6.45) is 4.55. The number of nitrogens with zero attached hydrogens (tertiary/aromatic N) is 2. The molecule has 0 bridgehead atoms. The van der Waals surface area contributed by atoms with Crippen molar-refractivity contribution < 1.29 is 19.5 Å². The van der Waals surface area contributed by atoms with Crippen LogP contribution in [0.1, 0.15) is 46.0 Å². The second-order valence-electron chi connectivity index (χ2n) is 6.34. The fourth-order valence-electron chi connectivity index (χ4n) is 3.36. The van der Waals surface area contributed by atoms with E-state index < -0.39 is 5.97 Å². The molecule has 0 radical (unpaired) electrons. The minimum Gasteiger partial charge on any atom is -0.480 e. The van der Waals surface area contributed by atoms with Crippen LogP contribution in [0.25, 0.3) is 0 Å². The van der Waals surface area contributed by atoms with Crippen LogP contribution in [0.4, 0.5) is 0 Å². The summed E-state index contributed by atoms with van der Waals surface area (Å²) < 4.78 is 0. The van der Waals surface area contributed by atoms with Crippen molar-refractivity contribution in [3.8, 4) is 0 Å². The van der Waals surface area contributed by atoms with E-state index in [4.69, 9.17) is 5.11 Å². The molecule has 1 aliphatic carbocycles. The van der Waals surface area contributed by atoms with E-state index in [0.717, 1.165) is 25.7 Å². The maximum atomic E-state index is 12.5. The molecule has 0 spiro atoms. The number of carbonyl (C=O) groups is 3. The first-order valence-electron chi connectivity index (χ1n) is 7.72.